The first-order valence-corrected chi connectivity index (χ1v) is 9.17. The van der Waals surface area contributed by atoms with E-state index in [-0.39, 0.29) is 11.9 Å². The number of methoxy groups -OCH3 is 1. The van der Waals surface area contributed by atoms with Crippen LogP contribution < -0.4 is 10.2 Å². The third-order valence-electron chi connectivity index (χ3n) is 4.96. The van der Waals surface area contributed by atoms with Gasteiger partial charge in [0.15, 0.2) is 0 Å². The van der Waals surface area contributed by atoms with Crippen LogP contribution in [0, 0.1) is 6.92 Å². The average molecular weight is 371 g/mol. The molecule has 2 aromatic rings. The van der Waals surface area contributed by atoms with Crippen LogP contribution in [0.5, 0.6) is 0 Å². The number of esters is 1. The highest BCUT2D eigenvalue weighted by molar-refractivity contribution is 6.00. The van der Waals surface area contributed by atoms with Crippen LogP contribution in [0.4, 0.5) is 5.95 Å². The number of nitrogens with zero attached hydrogens (tertiary/aromatic N) is 3. The van der Waals surface area contributed by atoms with Gasteiger partial charge in [0.1, 0.15) is 5.69 Å². The molecule has 0 radical (unpaired) electrons. The van der Waals surface area contributed by atoms with Crippen LogP contribution in [0.1, 0.15) is 51.9 Å². The molecule has 2 N–H and O–H groups in total. The monoisotopic (exact) mass is 371 g/mol. The molecule has 27 heavy (non-hydrogen) atoms. The molecule has 0 saturated carbocycles. The minimum absolute atomic E-state index is 0.0758. The lowest BCUT2D eigenvalue weighted by Crippen LogP contribution is -2.45. The number of nitrogens with one attached hydrogen (secondary N) is 2. The number of anilines is 1. The number of H-pyrrole nitrogens is 1. The van der Waals surface area contributed by atoms with E-state index in [1.54, 1.807) is 25.4 Å². The van der Waals surface area contributed by atoms with Gasteiger partial charge in [-0.1, -0.05) is 6.92 Å². The molecule has 1 aliphatic heterocycles. The third-order valence-corrected chi connectivity index (χ3v) is 4.96. The Morgan fingerprint density at radius 2 is 1.96 bits per heavy atom. The molecule has 1 fully saturated rings. The Morgan fingerprint density at radius 1 is 1.30 bits per heavy atom. The zero-order valence-electron chi connectivity index (χ0n) is 15.9. The predicted molar refractivity (Wildman–Crippen MR) is 101 cm³/mol. The molecule has 0 spiro atoms. The second-order valence-electron chi connectivity index (χ2n) is 6.61. The number of rotatable bonds is 5. The molecule has 8 nitrogen and oxygen atoms in total. The molecule has 0 aliphatic carbocycles. The van der Waals surface area contributed by atoms with Crippen LogP contribution in [0.25, 0.3) is 0 Å². The van der Waals surface area contributed by atoms with Crippen LogP contribution in [0.15, 0.2) is 18.5 Å². The van der Waals surface area contributed by atoms with E-state index in [4.69, 9.17) is 4.74 Å². The lowest BCUT2D eigenvalue weighted by molar-refractivity contribution is 0.0599. The van der Waals surface area contributed by atoms with Gasteiger partial charge in [-0.15, -0.1) is 0 Å². The molecule has 1 aliphatic rings. The first-order valence-electron chi connectivity index (χ1n) is 9.17. The molecule has 3 rings (SSSR count). The van der Waals surface area contributed by atoms with Crippen molar-refractivity contribution >= 4 is 17.8 Å². The van der Waals surface area contributed by atoms with Crippen molar-refractivity contribution in [3.05, 3.63) is 41.0 Å². The topological polar surface area (TPSA) is 100 Å². The van der Waals surface area contributed by atoms with E-state index in [2.05, 4.69) is 25.2 Å². The van der Waals surface area contributed by atoms with Gasteiger partial charge < -0.3 is 19.9 Å². The first-order chi connectivity index (χ1) is 13.0. The number of aromatic nitrogens is 3. The molecule has 144 valence electrons. The number of carbonyl (C=O) groups is 2. The van der Waals surface area contributed by atoms with Gasteiger partial charge in [-0.05, 0) is 37.8 Å². The van der Waals surface area contributed by atoms with Gasteiger partial charge in [0, 0.05) is 37.2 Å². The molecule has 0 atom stereocenters. The average Bonchev–Trinajstić information content (AvgIpc) is 3.05. The van der Waals surface area contributed by atoms with E-state index < -0.39 is 5.97 Å². The number of hydrogen-bond donors (Lipinski definition) is 2. The van der Waals surface area contributed by atoms with Crippen molar-refractivity contribution < 1.29 is 14.3 Å². The Kier molecular flexibility index (Phi) is 5.73. The van der Waals surface area contributed by atoms with Crippen molar-refractivity contribution in [1.29, 1.82) is 0 Å². The Balaban J connectivity index is 1.65. The normalized spacial score (nSPS) is 14.9. The van der Waals surface area contributed by atoms with E-state index in [9.17, 15) is 9.59 Å². The van der Waals surface area contributed by atoms with Crippen molar-refractivity contribution in [3.8, 4) is 0 Å². The van der Waals surface area contributed by atoms with Crippen LogP contribution in [-0.4, -0.2) is 53.1 Å². The number of hydrogen-bond acceptors (Lipinski definition) is 6. The molecule has 1 amide bonds. The van der Waals surface area contributed by atoms with Crippen LogP contribution >= 0.6 is 0 Å². The van der Waals surface area contributed by atoms with E-state index in [1.165, 1.54) is 7.11 Å². The zero-order chi connectivity index (χ0) is 19.4. The van der Waals surface area contributed by atoms with Gasteiger partial charge in [0.2, 0.25) is 5.95 Å². The summed E-state index contributed by atoms with van der Waals surface area (Å²) in [4.78, 5) is 38.5. The summed E-state index contributed by atoms with van der Waals surface area (Å²) in [5, 5.41) is 3.08. The van der Waals surface area contributed by atoms with E-state index >= 15 is 0 Å². The molecule has 1 saturated heterocycles. The van der Waals surface area contributed by atoms with Gasteiger partial charge in [-0.3, -0.25) is 4.79 Å². The molecule has 0 aromatic carbocycles. The summed E-state index contributed by atoms with van der Waals surface area (Å²) in [5.41, 5.74) is 2.24. The fourth-order valence-electron chi connectivity index (χ4n) is 3.46. The SMILES string of the molecule is CCc1[nH]c(C(=O)NC2CCN(c3ncccn3)CC2)c(C)c1C(=O)OC. The molecular formula is C19H25N5O3. The Bertz CT molecular complexity index is 810. The zero-order valence-corrected chi connectivity index (χ0v) is 15.9. The maximum absolute atomic E-state index is 12.7. The Morgan fingerprint density at radius 3 is 2.56 bits per heavy atom. The van der Waals surface area contributed by atoms with Crippen molar-refractivity contribution in [2.24, 2.45) is 0 Å². The number of piperidine rings is 1. The van der Waals surface area contributed by atoms with Crippen LogP contribution in [-0.2, 0) is 11.2 Å². The Labute approximate surface area is 158 Å². The highest BCUT2D eigenvalue weighted by Gasteiger charge is 2.27. The van der Waals surface area contributed by atoms with Crippen molar-refractivity contribution in [1.82, 2.24) is 20.3 Å². The summed E-state index contributed by atoms with van der Waals surface area (Å²) in [7, 11) is 1.35. The van der Waals surface area contributed by atoms with Crippen molar-refractivity contribution in [3.63, 3.8) is 0 Å². The smallest absolute Gasteiger partial charge is 0.339 e. The summed E-state index contributed by atoms with van der Waals surface area (Å²) in [6, 6.07) is 1.87. The van der Waals surface area contributed by atoms with Gasteiger partial charge >= 0.3 is 5.97 Å². The highest BCUT2D eigenvalue weighted by Crippen LogP contribution is 2.21. The molecule has 2 aromatic heterocycles. The molecule has 0 unspecified atom stereocenters. The first kappa shape index (κ1) is 18.9. The Hall–Kier alpha value is -2.90. The maximum atomic E-state index is 12.7. The van der Waals surface area contributed by atoms with E-state index in [0.29, 0.717) is 23.2 Å². The largest absolute Gasteiger partial charge is 0.465 e. The van der Waals surface area contributed by atoms with E-state index in [1.807, 2.05) is 6.92 Å². The number of aryl methyl sites for hydroxylation is 1. The van der Waals surface area contributed by atoms with Crippen LogP contribution in [0.2, 0.25) is 0 Å². The predicted octanol–water partition coefficient (Wildman–Crippen LogP) is 1.86. The van der Waals surface area contributed by atoms with Gasteiger partial charge in [0.25, 0.3) is 5.91 Å². The maximum Gasteiger partial charge on any atom is 0.339 e. The highest BCUT2D eigenvalue weighted by atomic mass is 16.5. The third kappa shape index (κ3) is 3.94. The summed E-state index contributed by atoms with van der Waals surface area (Å²) >= 11 is 0. The van der Waals surface area contributed by atoms with Crippen LogP contribution in [0.3, 0.4) is 0 Å². The summed E-state index contributed by atoms with van der Waals surface area (Å²) < 4.78 is 4.85. The summed E-state index contributed by atoms with van der Waals surface area (Å²) in [6.07, 6.45) is 5.71. The molecule has 0 bridgehead atoms. The minimum Gasteiger partial charge on any atom is -0.465 e. The van der Waals surface area contributed by atoms with Gasteiger partial charge in [0.05, 0.1) is 12.7 Å². The lowest BCUT2D eigenvalue weighted by atomic mass is 10.0. The van der Waals surface area contributed by atoms with Crippen molar-refractivity contribution in [2.75, 3.05) is 25.1 Å². The minimum atomic E-state index is -0.421. The lowest BCUT2D eigenvalue weighted by Gasteiger charge is -2.32. The van der Waals surface area contributed by atoms with Gasteiger partial charge in [-0.25, -0.2) is 14.8 Å². The fourth-order valence-corrected chi connectivity index (χ4v) is 3.46. The molecule has 3 heterocycles. The van der Waals surface area contributed by atoms with E-state index in [0.717, 1.165) is 37.6 Å². The molecule has 8 heteroatoms. The van der Waals surface area contributed by atoms with Crippen molar-refractivity contribution in [2.45, 2.75) is 39.2 Å². The number of aromatic amines is 1. The second-order valence-corrected chi connectivity index (χ2v) is 6.61. The standard InChI is InChI=1S/C19H25N5O3/c1-4-14-15(18(26)27-3)12(2)16(23-14)17(25)22-13-6-10-24(11-7-13)19-20-8-5-9-21-19/h5,8-9,13,23H,4,6-7,10-11H2,1-3H3,(H,22,25). The quantitative estimate of drug-likeness (QED) is 0.778. The van der Waals surface area contributed by atoms with Gasteiger partial charge in [-0.2, -0.15) is 0 Å². The number of ether oxygens (including phenoxy) is 1. The molecular weight excluding hydrogens is 346 g/mol. The number of amides is 1. The second kappa shape index (κ2) is 8.20. The number of carbonyl (C=O) groups excluding carboxylic acids is 2. The summed E-state index contributed by atoms with van der Waals surface area (Å²) in [5.74, 6) is 0.111. The fraction of sp³-hybridized carbons (Fsp3) is 0.474. The summed E-state index contributed by atoms with van der Waals surface area (Å²) in [6.45, 7) is 5.27.